The summed E-state index contributed by atoms with van der Waals surface area (Å²) < 4.78 is 13.2. The number of aromatic nitrogens is 2. The van der Waals surface area contributed by atoms with Crippen LogP contribution in [0.3, 0.4) is 0 Å². The third kappa shape index (κ3) is 3.14. The van der Waals surface area contributed by atoms with Crippen molar-refractivity contribution >= 4 is 17.5 Å². The number of hydrogen-bond donors (Lipinski definition) is 1. The summed E-state index contributed by atoms with van der Waals surface area (Å²) in [6.07, 6.45) is 3.59. The van der Waals surface area contributed by atoms with Crippen molar-refractivity contribution in [1.29, 1.82) is 0 Å². The summed E-state index contributed by atoms with van der Waals surface area (Å²) in [4.78, 5) is 11.0. The zero-order valence-electron chi connectivity index (χ0n) is 11.5. The van der Waals surface area contributed by atoms with Gasteiger partial charge in [0.25, 0.3) is 0 Å². The SMILES string of the molecule is NC1CCN(c2nccc(-c3ccc(F)c(Cl)c3)n2)CC1. The van der Waals surface area contributed by atoms with E-state index in [2.05, 4.69) is 14.9 Å². The maximum absolute atomic E-state index is 13.2. The maximum Gasteiger partial charge on any atom is 0.225 e. The number of halogens is 2. The molecule has 0 bridgehead atoms. The van der Waals surface area contributed by atoms with Crippen molar-refractivity contribution in [3.63, 3.8) is 0 Å². The van der Waals surface area contributed by atoms with Gasteiger partial charge in [-0.2, -0.15) is 0 Å². The molecule has 2 heterocycles. The fourth-order valence-corrected chi connectivity index (χ4v) is 2.60. The first-order valence-electron chi connectivity index (χ1n) is 6.92. The van der Waals surface area contributed by atoms with Gasteiger partial charge in [0, 0.05) is 30.9 Å². The molecule has 110 valence electrons. The number of hydrogen-bond acceptors (Lipinski definition) is 4. The second kappa shape index (κ2) is 5.95. The second-order valence-corrected chi connectivity index (χ2v) is 5.60. The van der Waals surface area contributed by atoms with Crippen LogP contribution in [0.4, 0.5) is 10.3 Å². The Labute approximate surface area is 127 Å². The average molecular weight is 307 g/mol. The van der Waals surface area contributed by atoms with Gasteiger partial charge in [-0.15, -0.1) is 0 Å². The number of benzene rings is 1. The van der Waals surface area contributed by atoms with Crippen LogP contribution >= 0.6 is 11.6 Å². The van der Waals surface area contributed by atoms with Gasteiger partial charge in [-0.05, 0) is 37.1 Å². The first-order valence-corrected chi connectivity index (χ1v) is 7.30. The minimum absolute atomic E-state index is 0.0941. The molecule has 1 fully saturated rings. The molecule has 1 aromatic carbocycles. The van der Waals surface area contributed by atoms with Gasteiger partial charge in [-0.1, -0.05) is 11.6 Å². The van der Waals surface area contributed by atoms with Gasteiger partial charge in [-0.3, -0.25) is 0 Å². The summed E-state index contributed by atoms with van der Waals surface area (Å²) in [6, 6.07) is 6.65. The van der Waals surface area contributed by atoms with Crippen molar-refractivity contribution in [2.75, 3.05) is 18.0 Å². The van der Waals surface area contributed by atoms with E-state index in [1.54, 1.807) is 24.4 Å². The van der Waals surface area contributed by atoms with Crippen molar-refractivity contribution in [3.05, 3.63) is 41.3 Å². The highest BCUT2D eigenvalue weighted by Crippen LogP contribution is 2.25. The lowest BCUT2D eigenvalue weighted by molar-refractivity contribution is 0.495. The van der Waals surface area contributed by atoms with E-state index in [4.69, 9.17) is 17.3 Å². The van der Waals surface area contributed by atoms with E-state index in [-0.39, 0.29) is 11.1 Å². The van der Waals surface area contributed by atoms with Crippen LogP contribution in [0, 0.1) is 5.82 Å². The maximum atomic E-state index is 13.2. The second-order valence-electron chi connectivity index (χ2n) is 5.20. The molecule has 6 heteroatoms. The minimum Gasteiger partial charge on any atom is -0.341 e. The third-order valence-electron chi connectivity index (χ3n) is 3.68. The molecule has 0 spiro atoms. The number of piperidine rings is 1. The van der Waals surface area contributed by atoms with Crippen LogP contribution in [0.1, 0.15) is 12.8 Å². The molecule has 2 aromatic rings. The van der Waals surface area contributed by atoms with Crippen molar-refractivity contribution in [2.24, 2.45) is 5.73 Å². The van der Waals surface area contributed by atoms with Gasteiger partial charge in [-0.25, -0.2) is 14.4 Å². The van der Waals surface area contributed by atoms with Gasteiger partial charge in [0.2, 0.25) is 5.95 Å². The Hall–Kier alpha value is -1.72. The monoisotopic (exact) mass is 306 g/mol. The Balaban J connectivity index is 1.87. The smallest absolute Gasteiger partial charge is 0.225 e. The molecule has 0 radical (unpaired) electrons. The molecule has 0 saturated carbocycles. The standard InChI is InChI=1S/C15H16ClFN4/c16-12-9-10(1-2-13(12)17)14-3-6-19-15(20-14)21-7-4-11(18)5-8-21/h1-3,6,9,11H,4-5,7-8,18H2. The molecular weight excluding hydrogens is 291 g/mol. The lowest BCUT2D eigenvalue weighted by atomic mass is 10.1. The average Bonchev–Trinajstić information content (AvgIpc) is 2.51. The van der Waals surface area contributed by atoms with Crippen molar-refractivity contribution < 1.29 is 4.39 Å². The van der Waals surface area contributed by atoms with E-state index in [1.165, 1.54) is 6.07 Å². The van der Waals surface area contributed by atoms with Crippen molar-refractivity contribution in [2.45, 2.75) is 18.9 Å². The van der Waals surface area contributed by atoms with Crippen LogP contribution < -0.4 is 10.6 Å². The predicted octanol–water partition coefficient (Wildman–Crippen LogP) is 2.86. The third-order valence-corrected chi connectivity index (χ3v) is 3.97. The summed E-state index contributed by atoms with van der Waals surface area (Å²) in [5, 5.41) is 0.0941. The van der Waals surface area contributed by atoms with E-state index in [0.717, 1.165) is 37.2 Å². The molecule has 0 unspecified atom stereocenters. The van der Waals surface area contributed by atoms with Crippen LogP contribution in [0.5, 0.6) is 0 Å². The fraction of sp³-hybridized carbons (Fsp3) is 0.333. The molecule has 0 amide bonds. The van der Waals surface area contributed by atoms with Gasteiger partial charge >= 0.3 is 0 Å². The molecule has 3 rings (SSSR count). The zero-order valence-corrected chi connectivity index (χ0v) is 12.2. The topological polar surface area (TPSA) is 55.0 Å². The van der Waals surface area contributed by atoms with E-state index >= 15 is 0 Å². The summed E-state index contributed by atoms with van der Waals surface area (Å²) in [6.45, 7) is 1.71. The number of nitrogens with two attached hydrogens (primary N) is 1. The Bertz CT molecular complexity index is 641. The lowest BCUT2D eigenvalue weighted by Crippen LogP contribution is -2.40. The molecule has 1 aliphatic heterocycles. The first-order chi connectivity index (χ1) is 10.1. The highest BCUT2D eigenvalue weighted by atomic mass is 35.5. The highest BCUT2D eigenvalue weighted by molar-refractivity contribution is 6.31. The highest BCUT2D eigenvalue weighted by Gasteiger charge is 2.18. The first kappa shape index (κ1) is 14.2. The summed E-state index contributed by atoms with van der Waals surface area (Å²) in [7, 11) is 0. The van der Waals surface area contributed by atoms with Crippen LogP contribution in [0.15, 0.2) is 30.5 Å². The molecule has 4 nitrogen and oxygen atoms in total. The van der Waals surface area contributed by atoms with Crippen LogP contribution in [-0.4, -0.2) is 29.1 Å². The van der Waals surface area contributed by atoms with Crippen LogP contribution in [-0.2, 0) is 0 Å². The molecule has 0 atom stereocenters. The van der Waals surface area contributed by atoms with E-state index in [0.29, 0.717) is 5.95 Å². The van der Waals surface area contributed by atoms with Crippen molar-refractivity contribution in [3.8, 4) is 11.3 Å². The molecule has 1 aromatic heterocycles. The molecule has 1 saturated heterocycles. The molecular formula is C15H16ClFN4. The van der Waals surface area contributed by atoms with Gasteiger partial charge in [0.1, 0.15) is 5.82 Å². The molecule has 1 aliphatic rings. The molecule has 2 N–H and O–H groups in total. The Kier molecular flexibility index (Phi) is 4.03. The Morgan fingerprint density at radius 1 is 1.24 bits per heavy atom. The van der Waals surface area contributed by atoms with E-state index < -0.39 is 5.82 Å². The quantitative estimate of drug-likeness (QED) is 0.927. The Morgan fingerprint density at radius 3 is 2.71 bits per heavy atom. The normalized spacial score (nSPS) is 16.2. The van der Waals surface area contributed by atoms with E-state index in [9.17, 15) is 4.39 Å². The van der Waals surface area contributed by atoms with Gasteiger partial charge < -0.3 is 10.6 Å². The largest absolute Gasteiger partial charge is 0.341 e. The van der Waals surface area contributed by atoms with Crippen LogP contribution in [0.25, 0.3) is 11.3 Å². The number of rotatable bonds is 2. The summed E-state index contributed by atoms with van der Waals surface area (Å²) >= 11 is 5.83. The van der Waals surface area contributed by atoms with Gasteiger partial charge in [0.05, 0.1) is 10.7 Å². The fourth-order valence-electron chi connectivity index (χ4n) is 2.42. The Morgan fingerprint density at radius 2 is 2.00 bits per heavy atom. The van der Waals surface area contributed by atoms with E-state index in [1.807, 2.05) is 0 Å². The molecule has 21 heavy (non-hydrogen) atoms. The van der Waals surface area contributed by atoms with Gasteiger partial charge in [0.15, 0.2) is 0 Å². The minimum atomic E-state index is -0.431. The number of anilines is 1. The van der Waals surface area contributed by atoms with Crippen molar-refractivity contribution in [1.82, 2.24) is 9.97 Å². The summed E-state index contributed by atoms with van der Waals surface area (Å²) in [5.74, 6) is 0.250. The molecule has 0 aliphatic carbocycles. The lowest BCUT2D eigenvalue weighted by Gasteiger charge is -2.30. The van der Waals surface area contributed by atoms with Crippen LogP contribution in [0.2, 0.25) is 5.02 Å². The summed E-state index contributed by atoms with van der Waals surface area (Å²) in [5.41, 5.74) is 7.42. The zero-order chi connectivity index (χ0) is 14.8. The number of nitrogens with zero attached hydrogens (tertiary/aromatic N) is 3. The predicted molar refractivity (Wildman–Crippen MR) is 81.9 cm³/mol.